The summed E-state index contributed by atoms with van der Waals surface area (Å²) in [5.74, 6) is 0.879. The Morgan fingerprint density at radius 1 is 1.38 bits per heavy atom. The molecule has 9 heteroatoms. The first-order chi connectivity index (χ1) is 12.2. The van der Waals surface area contributed by atoms with Crippen molar-refractivity contribution in [1.29, 1.82) is 0 Å². The standard InChI is InChI=1S/C17H23N3O5S/c1-10-8-14(12(3)25-10)11(2)18-17(22)15-4-5-16(21)20(19-15)13-6-7-26(23,24)9-13/h8,11,13H,4-7,9H2,1-3H3,(H,18,22). The average Bonchev–Trinajstić information content (AvgIpc) is 3.08. The van der Waals surface area contributed by atoms with E-state index < -0.39 is 15.9 Å². The quantitative estimate of drug-likeness (QED) is 0.844. The van der Waals surface area contributed by atoms with Crippen LogP contribution in [0.25, 0.3) is 0 Å². The smallest absolute Gasteiger partial charge is 0.267 e. The highest BCUT2D eigenvalue weighted by Crippen LogP contribution is 2.24. The predicted molar refractivity (Wildman–Crippen MR) is 95.3 cm³/mol. The fraction of sp³-hybridized carbons (Fsp3) is 0.588. The van der Waals surface area contributed by atoms with Gasteiger partial charge in [0.1, 0.15) is 17.2 Å². The van der Waals surface area contributed by atoms with E-state index in [4.69, 9.17) is 4.42 Å². The van der Waals surface area contributed by atoms with Crippen LogP contribution in [-0.2, 0) is 19.4 Å². The normalized spacial score (nSPS) is 23.7. The molecule has 26 heavy (non-hydrogen) atoms. The molecule has 0 saturated carbocycles. The number of aryl methyl sites for hydroxylation is 2. The Bertz CT molecular complexity index is 871. The maximum absolute atomic E-state index is 12.6. The summed E-state index contributed by atoms with van der Waals surface area (Å²) in [4.78, 5) is 24.7. The summed E-state index contributed by atoms with van der Waals surface area (Å²) >= 11 is 0. The lowest BCUT2D eigenvalue weighted by Gasteiger charge is -2.28. The summed E-state index contributed by atoms with van der Waals surface area (Å²) < 4.78 is 28.8. The lowest BCUT2D eigenvalue weighted by Crippen LogP contribution is -2.44. The zero-order valence-electron chi connectivity index (χ0n) is 15.1. The van der Waals surface area contributed by atoms with Crippen LogP contribution >= 0.6 is 0 Å². The van der Waals surface area contributed by atoms with Crippen LogP contribution in [0, 0.1) is 13.8 Å². The van der Waals surface area contributed by atoms with E-state index in [1.807, 2.05) is 26.8 Å². The van der Waals surface area contributed by atoms with E-state index in [9.17, 15) is 18.0 Å². The third kappa shape index (κ3) is 3.82. The first-order valence-corrected chi connectivity index (χ1v) is 10.5. The number of nitrogens with zero attached hydrogens (tertiary/aromatic N) is 2. The fourth-order valence-corrected chi connectivity index (χ4v) is 5.12. The Morgan fingerprint density at radius 2 is 2.12 bits per heavy atom. The highest BCUT2D eigenvalue weighted by Gasteiger charge is 2.37. The first-order valence-electron chi connectivity index (χ1n) is 8.64. The fourth-order valence-electron chi connectivity index (χ4n) is 3.43. The van der Waals surface area contributed by atoms with E-state index in [-0.39, 0.29) is 47.9 Å². The molecule has 3 rings (SSSR count). The lowest BCUT2D eigenvalue weighted by molar-refractivity contribution is -0.133. The number of sulfone groups is 1. The Morgan fingerprint density at radius 3 is 2.69 bits per heavy atom. The van der Waals surface area contributed by atoms with Crippen LogP contribution in [0.2, 0.25) is 0 Å². The number of amides is 2. The number of hydrazone groups is 1. The van der Waals surface area contributed by atoms with Crippen molar-refractivity contribution in [2.24, 2.45) is 5.10 Å². The summed E-state index contributed by atoms with van der Waals surface area (Å²) in [7, 11) is -3.14. The van der Waals surface area contributed by atoms with Crippen molar-refractivity contribution < 1.29 is 22.4 Å². The Labute approximate surface area is 152 Å². The second-order valence-electron chi connectivity index (χ2n) is 6.91. The molecule has 2 unspecified atom stereocenters. The summed E-state index contributed by atoms with van der Waals surface area (Å²) in [5, 5.41) is 8.26. The monoisotopic (exact) mass is 381 g/mol. The van der Waals surface area contributed by atoms with E-state index in [1.165, 1.54) is 5.01 Å². The van der Waals surface area contributed by atoms with Crippen molar-refractivity contribution in [3.63, 3.8) is 0 Å². The van der Waals surface area contributed by atoms with Crippen molar-refractivity contribution in [2.75, 3.05) is 11.5 Å². The molecule has 8 nitrogen and oxygen atoms in total. The van der Waals surface area contributed by atoms with Crippen molar-refractivity contribution in [3.05, 3.63) is 23.2 Å². The van der Waals surface area contributed by atoms with E-state index in [0.29, 0.717) is 6.42 Å². The average molecular weight is 381 g/mol. The molecule has 2 amide bonds. The molecule has 1 fully saturated rings. The molecule has 0 spiro atoms. The van der Waals surface area contributed by atoms with Crippen LogP contribution in [0.5, 0.6) is 0 Å². The molecule has 1 aromatic rings. The van der Waals surface area contributed by atoms with Crippen LogP contribution in [0.1, 0.15) is 49.3 Å². The van der Waals surface area contributed by atoms with Gasteiger partial charge in [-0.1, -0.05) is 0 Å². The van der Waals surface area contributed by atoms with Gasteiger partial charge < -0.3 is 9.73 Å². The van der Waals surface area contributed by atoms with Gasteiger partial charge in [-0.25, -0.2) is 13.4 Å². The minimum Gasteiger partial charge on any atom is -0.466 e. The van der Waals surface area contributed by atoms with E-state index >= 15 is 0 Å². The van der Waals surface area contributed by atoms with Crippen LogP contribution in [0.4, 0.5) is 0 Å². The van der Waals surface area contributed by atoms with Gasteiger partial charge in [0.15, 0.2) is 9.84 Å². The molecule has 2 aliphatic heterocycles. The van der Waals surface area contributed by atoms with Crippen LogP contribution < -0.4 is 5.32 Å². The summed E-state index contributed by atoms with van der Waals surface area (Å²) in [5.41, 5.74) is 1.14. The number of rotatable bonds is 4. The van der Waals surface area contributed by atoms with Gasteiger partial charge in [0, 0.05) is 18.4 Å². The highest BCUT2D eigenvalue weighted by atomic mass is 32.2. The van der Waals surface area contributed by atoms with E-state index in [1.54, 1.807) is 0 Å². The van der Waals surface area contributed by atoms with Gasteiger partial charge in [-0.3, -0.25) is 9.59 Å². The van der Waals surface area contributed by atoms with Crippen LogP contribution in [-0.4, -0.2) is 48.5 Å². The zero-order valence-corrected chi connectivity index (χ0v) is 15.9. The Balaban J connectivity index is 1.73. The molecule has 142 valence electrons. The first kappa shape index (κ1) is 18.6. The van der Waals surface area contributed by atoms with Gasteiger partial charge >= 0.3 is 0 Å². The van der Waals surface area contributed by atoms with Gasteiger partial charge in [0.2, 0.25) is 5.91 Å². The summed E-state index contributed by atoms with van der Waals surface area (Å²) in [6.45, 7) is 5.53. The van der Waals surface area contributed by atoms with Gasteiger partial charge in [-0.15, -0.1) is 0 Å². The van der Waals surface area contributed by atoms with Crippen molar-refractivity contribution in [2.45, 2.75) is 52.1 Å². The number of furan rings is 1. The second kappa shape index (κ2) is 6.86. The third-order valence-corrected chi connectivity index (χ3v) is 6.52. The molecular formula is C17H23N3O5S. The molecule has 1 N–H and O–H groups in total. The number of carbonyl (C=O) groups excluding carboxylic acids is 2. The Hall–Kier alpha value is -2.16. The molecule has 0 aliphatic carbocycles. The number of nitrogens with one attached hydrogen (secondary N) is 1. The largest absolute Gasteiger partial charge is 0.466 e. The maximum atomic E-state index is 12.6. The van der Waals surface area contributed by atoms with Gasteiger partial charge in [0.25, 0.3) is 5.91 Å². The minimum atomic E-state index is -3.14. The van der Waals surface area contributed by atoms with Crippen molar-refractivity contribution in [1.82, 2.24) is 10.3 Å². The lowest BCUT2D eigenvalue weighted by atomic mass is 10.1. The van der Waals surface area contributed by atoms with Gasteiger partial charge in [-0.2, -0.15) is 5.10 Å². The van der Waals surface area contributed by atoms with Crippen molar-refractivity contribution in [3.8, 4) is 0 Å². The molecule has 0 bridgehead atoms. The molecule has 2 atom stereocenters. The summed E-state index contributed by atoms with van der Waals surface area (Å²) in [6, 6.07) is 1.13. The van der Waals surface area contributed by atoms with Gasteiger partial charge in [-0.05, 0) is 33.3 Å². The minimum absolute atomic E-state index is 0.0502. The maximum Gasteiger partial charge on any atom is 0.267 e. The molecular weight excluding hydrogens is 358 g/mol. The summed E-state index contributed by atoms with van der Waals surface area (Å²) in [6.07, 6.45) is 0.758. The number of carbonyl (C=O) groups is 2. The van der Waals surface area contributed by atoms with E-state index in [2.05, 4.69) is 10.4 Å². The topological polar surface area (TPSA) is 109 Å². The number of hydrogen-bond donors (Lipinski definition) is 1. The van der Waals surface area contributed by atoms with Crippen LogP contribution in [0.15, 0.2) is 15.6 Å². The highest BCUT2D eigenvalue weighted by molar-refractivity contribution is 7.91. The molecule has 3 heterocycles. The zero-order chi connectivity index (χ0) is 19.1. The molecule has 2 aliphatic rings. The Kier molecular flexibility index (Phi) is 4.92. The van der Waals surface area contributed by atoms with E-state index in [0.717, 1.165) is 17.1 Å². The van der Waals surface area contributed by atoms with Gasteiger partial charge in [0.05, 0.1) is 23.6 Å². The second-order valence-corrected chi connectivity index (χ2v) is 9.13. The van der Waals surface area contributed by atoms with Crippen molar-refractivity contribution >= 4 is 27.4 Å². The molecule has 1 aromatic heterocycles. The third-order valence-electron chi connectivity index (χ3n) is 4.77. The molecule has 0 radical (unpaired) electrons. The molecule has 0 aromatic carbocycles. The number of hydrogen-bond acceptors (Lipinski definition) is 6. The predicted octanol–water partition coefficient (Wildman–Crippen LogP) is 1.24. The SMILES string of the molecule is Cc1cc(C(C)NC(=O)C2=NN(C3CCS(=O)(=O)C3)C(=O)CC2)c(C)o1. The molecule has 1 saturated heterocycles. The van der Waals surface area contributed by atoms with Crippen LogP contribution in [0.3, 0.4) is 0 Å².